The Labute approximate surface area is 271 Å². The molecular formula is C34H48N2O10. The third kappa shape index (κ3) is 19.0. The van der Waals surface area contributed by atoms with Gasteiger partial charge in [-0.05, 0) is 66.5 Å². The van der Waals surface area contributed by atoms with Crippen molar-refractivity contribution in [2.24, 2.45) is 5.92 Å². The average molecular weight is 645 g/mol. The van der Waals surface area contributed by atoms with E-state index in [4.69, 9.17) is 18.9 Å². The van der Waals surface area contributed by atoms with Gasteiger partial charge >= 0.3 is 23.9 Å². The number of rotatable bonds is 14. The number of esters is 4. The minimum atomic E-state index is -0.675. The van der Waals surface area contributed by atoms with Crippen LogP contribution in [0.25, 0.3) is 0 Å². The second-order valence-electron chi connectivity index (χ2n) is 11.4. The van der Waals surface area contributed by atoms with Crippen LogP contribution in [0.3, 0.4) is 0 Å². The molecule has 2 amide bonds. The molecule has 46 heavy (non-hydrogen) atoms. The van der Waals surface area contributed by atoms with Crippen molar-refractivity contribution in [3.8, 4) is 0 Å². The van der Waals surface area contributed by atoms with E-state index >= 15 is 0 Å². The van der Waals surface area contributed by atoms with E-state index in [9.17, 15) is 28.8 Å². The molecule has 1 saturated carbocycles. The summed E-state index contributed by atoms with van der Waals surface area (Å²) in [6.07, 6.45) is 8.83. The lowest BCUT2D eigenvalue weighted by atomic mass is 9.88. The maximum absolute atomic E-state index is 12.0. The van der Waals surface area contributed by atoms with Gasteiger partial charge in [-0.2, -0.15) is 0 Å². The Kier molecular flexibility index (Phi) is 19.0. The van der Waals surface area contributed by atoms with Gasteiger partial charge in [0.2, 0.25) is 5.91 Å². The Balaban J connectivity index is 0.000000460. The first-order valence-electron chi connectivity index (χ1n) is 15.5. The van der Waals surface area contributed by atoms with Crippen molar-refractivity contribution in [2.75, 3.05) is 13.2 Å². The standard InChI is InChI=1S/C17H27NO5.C17H21NO5/c2*1-12(2)23-16(20)10-9-15(19)22-11-13(3)18-17(21)14-7-5-4-6-8-14/h9-10,12-14H,4-8,11H2,1-3H3,(H,18,21);4-10,12-13H,11H2,1-3H3,(H,18,21)/b2*10-9+. The number of ether oxygens (including phenoxy) is 4. The van der Waals surface area contributed by atoms with Crippen molar-refractivity contribution < 1.29 is 47.7 Å². The van der Waals surface area contributed by atoms with Gasteiger partial charge in [-0.1, -0.05) is 37.5 Å². The monoisotopic (exact) mass is 644 g/mol. The Hall–Kier alpha value is -4.48. The lowest BCUT2D eigenvalue weighted by Crippen LogP contribution is -2.40. The summed E-state index contributed by atoms with van der Waals surface area (Å²) < 4.78 is 19.6. The number of benzene rings is 1. The highest BCUT2D eigenvalue weighted by Crippen LogP contribution is 2.23. The predicted octanol–water partition coefficient (Wildman–Crippen LogP) is 3.98. The molecule has 0 saturated heterocycles. The van der Waals surface area contributed by atoms with E-state index < -0.39 is 23.9 Å². The third-order valence-electron chi connectivity index (χ3n) is 6.14. The Morgan fingerprint density at radius 3 is 1.54 bits per heavy atom. The fourth-order valence-electron chi connectivity index (χ4n) is 4.03. The highest BCUT2D eigenvalue weighted by molar-refractivity contribution is 5.94. The van der Waals surface area contributed by atoms with Crippen molar-refractivity contribution >= 4 is 35.7 Å². The molecule has 0 spiro atoms. The largest absolute Gasteiger partial charge is 0.460 e. The van der Waals surface area contributed by atoms with E-state index in [0.29, 0.717) is 5.56 Å². The Morgan fingerprint density at radius 2 is 1.09 bits per heavy atom. The maximum Gasteiger partial charge on any atom is 0.331 e. The molecule has 0 aliphatic heterocycles. The molecule has 1 aromatic carbocycles. The summed E-state index contributed by atoms with van der Waals surface area (Å²) in [4.78, 5) is 69.4. The topological polar surface area (TPSA) is 163 Å². The first kappa shape index (κ1) is 39.5. The summed E-state index contributed by atoms with van der Waals surface area (Å²) in [6, 6.07) is 8.11. The minimum absolute atomic E-state index is 0.000967. The van der Waals surface area contributed by atoms with Gasteiger partial charge in [0.25, 0.3) is 5.91 Å². The van der Waals surface area contributed by atoms with Gasteiger partial charge in [-0.3, -0.25) is 9.59 Å². The molecule has 0 radical (unpaired) electrons. The van der Waals surface area contributed by atoms with E-state index in [0.717, 1.165) is 50.0 Å². The van der Waals surface area contributed by atoms with Crippen LogP contribution in [0.2, 0.25) is 0 Å². The minimum Gasteiger partial charge on any atom is -0.460 e. The zero-order chi connectivity index (χ0) is 34.5. The van der Waals surface area contributed by atoms with Crippen LogP contribution in [0.4, 0.5) is 0 Å². The summed E-state index contributed by atoms with van der Waals surface area (Å²) >= 11 is 0. The van der Waals surface area contributed by atoms with Crippen LogP contribution in [-0.2, 0) is 42.9 Å². The van der Waals surface area contributed by atoms with E-state index in [1.54, 1.807) is 65.8 Å². The Morgan fingerprint density at radius 1 is 0.652 bits per heavy atom. The predicted molar refractivity (Wildman–Crippen MR) is 170 cm³/mol. The quantitative estimate of drug-likeness (QED) is 0.172. The van der Waals surface area contributed by atoms with Gasteiger partial charge in [0.1, 0.15) is 13.2 Å². The number of hydrogen-bond donors (Lipinski definition) is 2. The molecule has 1 aliphatic rings. The van der Waals surface area contributed by atoms with Crippen LogP contribution in [0.15, 0.2) is 54.6 Å². The second kappa shape index (κ2) is 22.1. The number of amides is 2. The van der Waals surface area contributed by atoms with Crippen LogP contribution in [0, 0.1) is 5.92 Å². The molecule has 1 aromatic rings. The Bertz CT molecular complexity index is 1190. The van der Waals surface area contributed by atoms with Crippen molar-refractivity contribution in [1.82, 2.24) is 10.6 Å². The van der Waals surface area contributed by atoms with E-state index in [2.05, 4.69) is 10.6 Å². The fraction of sp³-hybridized carbons (Fsp3) is 0.529. The molecule has 1 fully saturated rings. The molecule has 0 heterocycles. The lowest BCUT2D eigenvalue weighted by molar-refractivity contribution is -0.143. The van der Waals surface area contributed by atoms with Crippen LogP contribution in [0.1, 0.15) is 84.0 Å². The summed E-state index contributed by atoms with van der Waals surface area (Å²) in [6.45, 7) is 10.4. The molecule has 1 aliphatic carbocycles. The van der Waals surface area contributed by atoms with E-state index in [1.807, 2.05) is 6.07 Å². The van der Waals surface area contributed by atoms with Gasteiger partial charge in [-0.25, -0.2) is 19.2 Å². The third-order valence-corrected chi connectivity index (χ3v) is 6.14. The summed E-state index contributed by atoms with van der Waals surface area (Å²) in [5.74, 6) is -2.64. The zero-order valence-corrected chi connectivity index (χ0v) is 27.6. The normalized spacial score (nSPS) is 14.5. The molecule has 2 atom stereocenters. The molecule has 2 N–H and O–H groups in total. The van der Waals surface area contributed by atoms with Crippen LogP contribution in [0.5, 0.6) is 0 Å². The first-order valence-corrected chi connectivity index (χ1v) is 15.5. The molecule has 0 aromatic heterocycles. The van der Waals surface area contributed by atoms with Gasteiger partial charge in [0.15, 0.2) is 0 Å². The van der Waals surface area contributed by atoms with Gasteiger partial charge in [0, 0.05) is 35.8 Å². The van der Waals surface area contributed by atoms with Gasteiger partial charge < -0.3 is 29.6 Å². The number of carbonyl (C=O) groups is 6. The molecule has 2 rings (SSSR count). The first-order chi connectivity index (χ1) is 21.8. The summed E-state index contributed by atoms with van der Waals surface area (Å²) in [5, 5.41) is 5.57. The molecule has 254 valence electrons. The number of nitrogens with one attached hydrogen (secondary N) is 2. The highest BCUT2D eigenvalue weighted by Gasteiger charge is 2.22. The van der Waals surface area contributed by atoms with Crippen molar-refractivity contribution in [3.05, 3.63) is 60.2 Å². The van der Waals surface area contributed by atoms with Crippen LogP contribution < -0.4 is 10.6 Å². The molecule has 12 heteroatoms. The van der Waals surface area contributed by atoms with E-state index in [-0.39, 0.29) is 55.2 Å². The smallest absolute Gasteiger partial charge is 0.331 e. The van der Waals surface area contributed by atoms with Crippen molar-refractivity contribution in [1.29, 1.82) is 0 Å². The van der Waals surface area contributed by atoms with Crippen LogP contribution >= 0.6 is 0 Å². The van der Waals surface area contributed by atoms with Gasteiger partial charge in [0.05, 0.1) is 24.3 Å². The SMILES string of the molecule is CC(COC(=O)/C=C/C(=O)OC(C)C)NC(=O)C1CCCCC1.CC(COC(=O)/C=C/C(=O)OC(C)C)NC(=O)c1ccccc1. The maximum atomic E-state index is 12.0. The molecule has 12 nitrogen and oxygen atoms in total. The molecule has 2 unspecified atom stereocenters. The van der Waals surface area contributed by atoms with Crippen LogP contribution in [-0.4, -0.2) is 73.2 Å². The number of hydrogen-bond acceptors (Lipinski definition) is 10. The van der Waals surface area contributed by atoms with Crippen molar-refractivity contribution in [3.63, 3.8) is 0 Å². The van der Waals surface area contributed by atoms with Gasteiger partial charge in [-0.15, -0.1) is 0 Å². The number of carbonyl (C=O) groups excluding carboxylic acids is 6. The fourth-order valence-corrected chi connectivity index (χ4v) is 4.03. The summed E-state index contributed by atoms with van der Waals surface area (Å²) in [7, 11) is 0. The lowest BCUT2D eigenvalue weighted by Gasteiger charge is -2.23. The second-order valence-corrected chi connectivity index (χ2v) is 11.4. The highest BCUT2D eigenvalue weighted by atomic mass is 16.6. The summed E-state index contributed by atoms with van der Waals surface area (Å²) in [5.41, 5.74) is 0.530. The molecule has 0 bridgehead atoms. The van der Waals surface area contributed by atoms with E-state index in [1.165, 1.54) is 6.42 Å². The van der Waals surface area contributed by atoms with Crippen molar-refractivity contribution in [2.45, 2.75) is 97.9 Å². The average Bonchev–Trinajstić information content (AvgIpc) is 3.01. The zero-order valence-electron chi connectivity index (χ0n) is 27.6. The molecular weight excluding hydrogens is 596 g/mol.